The van der Waals surface area contributed by atoms with Gasteiger partial charge in [-0.1, -0.05) is 6.07 Å². The molecule has 0 aromatic carbocycles. The van der Waals surface area contributed by atoms with Crippen LogP contribution in [0.2, 0.25) is 0 Å². The van der Waals surface area contributed by atoms with Crippen molar-refractivity contribution in [3.63, 3.8) is 0 Å². The minimum absolute atomic E-state index is 0. The third-order valence-electron chi connectivity index (χ3n) is 2.29. The summed E-state index contributed by atoms with van der Waals surface area (Å²) in [7, 11) is 0. The number of pyridine rings is 1. The van der Waals surface area contributed by atoms with Crippen molar-refractivity contribution in [2.75, 3.05) is 0 Å². The second-order valence-corrected chi connectivity index (χ2v) is 3.44. The summed E-state index contributed by atoms with van der Waals surface area (Å²) in [5.41, 5.74) is 1.65. The third kappa shape index (κ3) is 3.53. The van der Waals surface area contributed by atoms with Gasteiger partial charge in [-0.25, -0.2) is 14.6 Å². The Morgan fingerprint density at radius 3 is 2.68 bits per heavy atom. The monoisotopic (exact) mass is 322 g/mol. The van der Waals surface area contributed by atoms with Crippen LogP contribution in [0.1, 0.15) is 0 Å². The number of rotatable bonds is 0. The standard InChI is InChI=1S/C6H4N3.C6H5N3.Rb/c1-3-7-6-2-4-8-9(6)5-1;1-2-4-9-6(3-1)7-5-8-9;/h1,3-5H;1-5H;/q-1;;+1. The third-order valence-corrected chi connectivity index (χ3v) is 2.29. The van der Waals surface area contributed by atoms with Crippen molar-refractivity contribution in [2.45, 2.75) is 0 Å². The van der Waals surface area contributed by atoms with Crippen LogP contribution in [-0.4, -0.2) is 29.2 Å². The smallest absolute Gasteiger partial charge is 0.404 e. The minimum Gasteiger partial charge on any atom is -0.404 e. The van der Waals surface area contributed by atoms with Crippen molar-refractivity contribution in [1.29, 1.82) is 0 Å². The first-order valence-corrected chi connectivity index (χ1v) is 5.34. The van der Waals surface area contributed by atoms with E-state index in [0.717, 1.165) is 11.3 Å². The van der Waals surface area contributed by atoms with Gasteiger partial charge in [0.1, 0.15) is 6.33 Å². The number of hydrogen-bond acceptors (Lipinski definition) is 4. The fourth-order valence-corrected chi connectivity index (χ4v) is 1.47. The summed E-state index contributed by atoms with van der Waals surface area (Å²) in [4.78, 5) is 7.96. The summed E-state index contributed by atoms with van der Waals surface area (Å²) >= 11 is 0. The molecular weight excluding hydrogens is 314 g/mol. The topological polar surface area (TPSA) is 60.4 Å². The summed E-state index contributed by atoms with van der Waals surface area (Å²) in [6.45, 7) is 0. The predicted octanol–water partition coefficient (Wildman–Crippen LogP) is -1.74. The Morgan fingerprint density at radius 1 is 0.947 bits per heavy atom. The Labute approximate surface area is 158 Å². The van der Waals surface area contributed by atoms with E-state index < -0.39 is 0 Å². The molecule has 4 aromatic heterocycles. The SMILES string of the molecule is [Rb+].[c-]1cnn2cccnc12.c1ccn2ncnc2c1. The van der Waals surface area contributed by atoms with Crippen LogP contribution in [0.3, 0.4) is 0 Å². The van der Waals surface area contributed by atoms with E-state index in [0.29, 0.717) is 0 Å². The van der Waals surface area contributed by atoms with Crippen LogP contribution in [0.15, 0.2) is 55.4 Å². The number of nitrogens with zero attached hydrogens (tertiary/aromatic N) is 6. The molecule has 0 aliphatic heterocycles. The zero-order chi connectivity index (χ0) is 12.2. The summed E-state index contributed by atoms with van der Waals surface area (Å²) in [6, 6.07) is 10.5. The van der Waals surface area contributed by atoms with Crippen LogP contribution in [-0.2, 0) is 0 Å². The Kier molecular flexibility index (Phi) is 5.32. The molecule has 7 heteroatoms. The molecule has 0 saturated carbocycles. The van der Waals surface area contributed by atoms with Crippen LogP contribution < -0.4 is 58.2 Å². The number of fused-ring (bicyclic) bond motifs is 2. The van der Waals surface area contributed by atoms with E-state index in [1.54, 1.807) is 21.4 Å². The first kappa shape index (κ1) is 14.5. The van der Waals surface area contributed by atoms with Gasteiger partial charge in [-0.3, -0.25) is 9.50 Å². The van der Waals surface area contributed by atoms with Gasteiger partial charge in [-0.15, -0.1) is 6.20 Å². The first-order valence-electron chi connectivity index (χ1n) is 5.34. The van der Waals surface area contributed by atoms with Crippen LogP contribution in [0.5, 0.6) is 0 Å². The summed E-state index contributed by atoms with van der Waals surface area (Å²) in [5, 5.41) is 7.84. The van der Waals surface area contributed by atoms with Crippen LogP contribution in [0, 0.1) is 6.07 Å². The minimum atomic E-state index is 0. The van der Waals surface area contributed by atoms with E-state index in [4.69, 9.17) is 0 Å². The van der Waals surface area contributed by atoms with Crippen LogP contribution >= 0.6 is 0 Å². The molecule has 6 nitrogen and oxygen atoms in total. The van der Waals surface area contributed by atoms with Gasteiger partial charge in [-0.2, -0.15) is 5.10 Å². The van der Waals surface area contributed by atoms with Gasteiger partial charge in [-0.05, 0) is 23.8 Å². The van der Waals surface area contributed by atoms with Crippen molar-refractivity contribution in [1.82, 2.24) is 29.2 Å². The Bertz CT molecular complexity index is 636. The van der Waals surface area contributed by atoms with Crippen molar-refractivity contribution in [2.24, 2.45) is 0 Å². The second-order valence-electron chi connectivity index (χ2n) is 3.44. The molecule has 0 bridgehead atoms. The van der Waals surface area contributed by atoms with Crippen molar-refractivity contribution >= 4 is 11.3 Å². The van der Waals surface area contributed by atoms with Gasteiger partial charge in [0.25, 0.3) is 0 Å². The van der Waals surface area contributed by atoms with Gasteiger partial charge in [0, 0.05) is 18.6 Å². The molecule has 0 spiro atoms. The first-order chi connectivity index (χ1) is 8.93. The number of hydrogen-bond donors (Lipinski definition) is 0. The number of aromatic nitrogens is 6. The van der Waals surface area contributed by atoms with Gasteiger partial charge < -0.3 is 6.07 Å². The fourth-order valence-electron chi connectivity index (χ4n) is 1.47. The molecule has 0 amide bonds. The van der Waals surface area contributed by atoms with Gasteiger partial charge in [0.15, 0.2) is 5.65 Å². The molecule has 4 aromatic rings. The fraction of sp³-hybridized carbons (Fsp3) is 0. The van der Waals surface area contributed by atoms with Crippen molar-refractivity contribution in [3.8, 4) is 0 Å². The summed E-state index contributed by atoms with van der Waals surface area (Å²) in [5.74, 6) is 0. The van der Waals surface area contributed by atoms with Crippen LogP contribution in [0.25, 0.3) is 11.3 Å². The largest absolute Gasteiger partial charge is 1.00 e. The molecule has 4 heterocycles. The van der Waals surface area contributed by atoms with E-state index in [1.807, 2.05) is 36.7 Å². The van der Waals surface area contributed by atoms with Crippen molar-refractivity contribution < 1.29 is 58.2 Å². The summed E-state index contributed by atoms with van der Waals surface area (Å²) < 4.78 is 3.39. The Balaban J connectivity index is 0.000000133. The van der Waals surface area contributed by atoms with E-state index in [-0.39, 0.29) is 58.2 Å². The molecule has 0 unspecified atom stereocenters. The molecule has 0 radical (unpaired) electrons. The molecule has 19 heavy (non-hydrogen) atoms. The average molecular weight is 323 g/mol. The molecule has 0 fully saturated rings. The molecule has 0 atom stereocenters. The van der Waals surface area contributed by atoms with E-state index >= 15 is 0 Å². The Hall–Kier alpha value is -0.955. The molecule has 0 aliphatic carbocycles. The average Bonchev–Trinajstić information content (AvgIpc) is 3.08. The molecule has 0 aliphatic rings. The molecule has 0 saturated heterocycles. The molecule has 0 N–H and O–H groups in total. The van der Waals surface area contributed by atoms with Gasteiger partial charge in [0.2, 0.25) is 0 Å². The maximum absolute atomic E-state index is 3.99. The predicted molar refractivity (Wildman–Crippen MR) is 64.8 cm³/mol. The molecule has 4 rings (SSSR count). The second kappa shape index (κ2) is 7.00. The van der Waals surface area contributed by atoms with Gasteiger partial charge >= 0.3 is 58.2 Å². The molecule has 88 valence electrons. The Morgan fingerprint density at radius 2 is 1.84 bits per heavy atom. The maximum atomic E-state index is 3.99. The van der Waals surface area contributed by atoms with E-state index in [9.17, 15) is 0 Å². The maximum Gasteiger partial charge on any atom is 1.00 e. The van der Waals surface area contributed by atoms with E-state index in [1.165, 1.54) is 6.33 Å². The zero-order valence-electron chi connectivity index (χ0n) is 10.4. The quantitative estimate of drug-likeness (QED) is 0.361. The van der Waals surface area contributed by atoms with Gasteiger partial charge in [0.05, 0.1) is 0 Å². The normalized spacial score (nSPS) is 9.68. The van der Waals surface area contributed by atoms with Crippen LogP contribution in [0.4, 0.5) is 0 Å². The van der Waals surface area contributed by atoms with Crippen molar-refractivity contribution in [3.05, 3.63) is 61.4 Å². The van der Waals surface area contributed by atoms with E-state index in [2.05, 4.69) is 26.2 Å². The molecular formula is C12H9N6Rb. The zero-order valence-corrected chi connectivity index (χ0v) is 15.3. The summed E-state index contributed by atoms with van der Waals surface area (Å²) in [6.07, 6.45) is 8.55.